The minimum atomic E-state index is -0.311. The highest BCUT2D eigenvalue weighted by atomic mass is 16.5. The van der Waals surface area contributed by atoms with Crippen molar-refractivity contribution in [3.63, 3.8) is 0 Å². The average molecular weight is 346 g/mol. The first-order chi connectivity index (χ1) is 12.8. The Labute approximate surface area is 151 Å². The number of benzene rings is 2. The van der Waals surface area contributed by atoms with Gasteiger partial charge in [-0.2, -0.15) is 0 Å². The lowest BCUT2D eigenvalue weighted by Crippen LogP contribution is -2.14. The number of ether oxygens (including phenoxy) is 1. The molecule has 1 aliphatic rings. The Hall–Kier alpha value is -3.28. The second kappa shape index (κ2) is 6.92. The Morgan fingerprint density at radius 3 is 2.65 bits per heavy atom. The van der Waals surface area contributed by atoms with Gasteiger partial charge >= 0.3 is 5.97 Å². The van der Waals surface area contributed by atoms with E-state index in [4.69, 9.17) is 9.73 Å². The summed E-state index contributed by atoms with van der Waals surface area (Å²) < 4.78 is 6.99. The van der Waals surface area contributed by atoms with Gasteiger partial charge in [0.25, 0.3) is 0 Å². The number of carbonyl (C=O) groups is 1. The molecule has 6 nitrogen and oxygen atoms in total. The number of hydrogen-bond donors (Lipinski definition) is 0. The van der Waals surface area contributed by atoms with E-state index in [2.05, 4.69) is 10.2 Å². The molecule has 0 saturated carbocycles. The normalized spacial score (nSPS) is 12.6. The summed E-state index contributed by atoms with van der Waals surface area (Å²) in [4.78, 5) is 16.7. The van der Waals surface area contributed by atoms with E-state index in [1.807, 2.05) is 59.2 Å². The lowest BCUT2D eigenvalue weighted by atomic mass is 10.0. The van der Waals surface area contributed by atoms with Crippen LogP contribution in [0.2, 0.25) is 0 Å². The van der Waals surface area contributed by atoms with E-state index in [1.165, 1.54) is 0 Å². The Morgan fingerprint density at radius 1 is 1.08 bits per heavy atom. The number of aromatic nitrogens is 3. The van der Waals surface area contributed by atoms with Gasteiger partial charge in [-0.3, -0.25) is 14.4 Å². The van der Waals surface area contributed by atoms with Gasteiger partial charge < -0.3 is 4.74 Å². The smallest absolute Gasteiger partial charge is 0.313 e. The predicted molar refractivity (Wildman–Crippen MR) is 97.5 cm³/mol. The minimum absolute atomic E-state index is 0.0792. The van der Waals surface area contributed by atoms with Crippen LogP contribution in [0, 0.1) is 0 Å². The molecule has 0 spiro atoms. The van der Waals surface area contributed by atoms with Gasteiger partial charge in [0.1, 0.15) is 18.8 Å². The van der Waals surface area contributed by atoms with Crippen LogP contribution in [0.5, 0.6) is 0 Å². The highest BCUT2D eigenvalue weighted by Gasteiger charge is 2.23. The molecule has 0 amide bonds. The Morgan fingerprint density at radius 2 is 1.85 bits per heavy atom. The molecule has 1 aliphatic heterocycles. The first kappa shape index (κ1) is 16.2. The molecule has 3 aromatic rings. The lowest BCUT2D eigenvalue weighted by Gasteiger charge is -2.13. The van der Waals surface area contributed by atoms with Gasteiger partial charge in [-0.1, -0.05) is 48.5 Å². The van der Waals surface area contributed by atoms with Crippen LogP contribution < -0.4 is 0 Å². The molecular formula is C20H18N4O2. The maximum Gasteiger partial charge on any atom is 0.313 e. The topological polar surface area (TPSA) is 69.4 Å². The zero-order valence-corrected chi connectivity index (χ0v) is 14.4. The number of nitrogens with zero attached hydrogens (tertiary/aromatic N) is 4. The van der Waals surface area contributed by atoms with Crippen molar-refractivity contribution in [3.05, 3.63) is 77.4 Å². The van der Waals surface area contributed by atoms with E-state index < -0.39 is 0 Å². The van der Waals surface area contributed by atoms with Crippen molar-refractivity contribution in [2.45, 2.75) is 19.9 Å². The SMILES string of the molecule is CCOC(=O)Cc1nnc2n1-c1ccccc1C(c1ccccc1)=NC2. The molecule has 2 aromatic carbocycles. The minimum Gasteiger partial charge on any atom is -0.466 e. The Bertz CT molecular complexity index is 976. The number of fused-ring (bicyclic) bond motifs is 3. The molecule has 0 fully saturated rings. The molecule has 4 rings (SSSR count). The molecule has 1 aromatic heterocycles. The Kier molecular flexibility index (Phi) is 4.31. The molecule has 0 unspecified atom stereocenters. The number of esters is 1. The second-order valence-corrected chi connectivity index (χ2v) is 5.90. The summed E-state index contributed by atoms with van der Waals surface area (Å²) >= 11 is 0. The summed E-state index contributed by atoms with van der Waals surface area (Å²) in [6.07, 6.45) is 0.0792. The number of para-hydroxylation sites is 1. The van der Waals surface area contributed by atoms with Crippen molar-refractivity contribution < 1.29 is 9.53 Å². The van der Waals surface area contributed by atoms with Crippen LogP contribution in [-0.4, -0.2) is 33.1 Å². The van der Waals surface area contributed by atoms with Crippen LogP contribution in [0.3, 0.4) is 0 Å². The summed E-state index contributed by atoms with van der Waals surface area (Å²) in [6, 6.07) is 18.0. The quantitative estimate of drug-likeness (QED) is 0.681. The first-order valence-corrected chi connectivity index (χ1v) is 8.56. The van der Waals surface area contributed by atoms with E-state index in [0.717, 1.165) is 22.5 Å². The lowest BCUT2D eigenvalue weighted by molar-refractivity contribution is -0.142. The third-order valence-electron chi connectivity index (χ3n) is 4.23. The largest absolute Gasteiger partial charge is 0.466 e. The Balaban J connectivity index is 1.83. The van der Waals surface area contributed by atoms with Gasteiger partial charge in [0.2, 0.25) is 0 Å². The number of rotatable bonds is 4. The molecule has 130 valence electrons. The molecule has 0 bridgehead atoms. The summed E-state index contributed by atoms with van der Waals surface area (Å²) in [5.74, 6) is 0.965. The van der Waals surface area contributed by atoms with Crippen molar-refractivity contribution in [2.24, 2.45) is 4.99 Å². The maximum absolute atomic E-state index is 11.9. The van der Waals surface area contributed by atoms with E-state index in [9.17, 15) is 4.79 Å². The van der Waals surface area contributed by atoms with E-state index in [1.54, 1.807) is 6.92 Å². The fourth-order valence-corrected chi connectivity index (χ4v) is 3.14. The van der Waals surface area contributed by atoms with Crippen molar-refractivity contribution in [2.75, 3.05) is 6.61 Å². The third-order valence-corrected chi connectivity index (χ3v) is 4.23. The standard InChI is InChI=1S/C20H18N4O2/c1-2-26-19(25)12-17-22-23-18-13-21-20(14-8-4-3-5-9-14)15-10-6-7-11-16(15)24(17)18/h3-11H,2,12-13H2,1H3. The fraction of sp³-hybridized carbons (Fsp3) is 0.200. The summed E-state index contributed by atoms with van der Waals surface area (Å²) in [5.41, 5.74) is 3.87. The zero-order valence-electron chi connectivity index (χ0n) is 14.4. The van der Waals surface area contributed by atoms with Crippen molar-refractivity contribution >= 4 is 11.7 Å². The van der Waals surface area contributed by atoms with Gasteiger partial charge in [-0.15, -0.1) is 10.2 Å². The van der Waals surface area contributed by atoms with Crippen molar-refractivity contribution in [3.8, 4) is 5.69 Å². The molecule has 6 heteroatoms. The van der Waals surface area contributed by atoms with Gasteiger partial charge in [0.15, 0.2) is 5.82 Å². The second-order valence-electron chi connectivity index (χ2n) is 5.90. The van der Waals surface area contributed by atoms with Crippen molar-refractivity contribution in [1.29, 1.82) is 0 Å². The summed E-state index contributed by atoms with van der Waals surface area (Å²) in [5, 5.41) is 8.46. The van der Waals surface area contributed by atoms with Gasteiger partial charge in [-0.05, 0) is 13.0 Å². The third kappa shape index (κ3) is 2.90. The van der Waals surface area contributed by atoms with Crippen LogP contribution in [0.1, 0.15) is 29.7 Å². The zero-order chi connectivity index (χ0) is 17.9. The van der Waals surface area contributed by atoms with Crippen LogP contribution in [-0.2, 0) is 22.5 Å². The molecule has 2 heterocycles. The van der Waals surface area contributed by atoms with E-state index in [-0.39, 0.29) is 12.4 Å². The maximum atomic E-state index is 11.9. The number of hydrogen-bond acceptors (Lipinski definition) is 5. The van der Waals surface area contributed by atoms with Crippen molar-refractivity contribution in [1.82, 2.24) is 14.8 Å². The van der Waals surface area contributed by atoms with Gasteiger partial charge in [0.05, 0.1) is 18.0 Å². The number of carbonyl (C=O) groups excluding carboxylic acids is 1. The van der Waals surface area contributed by atoms with Crippen LogP contribution in [0.25, 0.3) is 5.69 Å². The highest BCUT2D eigenvalue weighted by molar-refractivity contribution is 6.15. The van der Waals surface area contributed by atoms with Crippen LogP contribution in [0.4, 0.5) is 0 Å². The fourth-order valence-electron chi connectivity index (χ4n) is 3.14. The average Bonchev–Trinajstić information content (AvgIpc) is 2.97. The van der Waals surface area contributed by atoms with Gasteiger partial charge in [0, 0.05) is 11.1 Å². The van der Waals surface area contributed by atoms with Crippen LogP contribution in [0.15, 0.2) is 59.6 Å². The van der Waals surface area contributed by atoms with Gasteiger partial charge in [-0.25, -0.2) is 0 Å². The molecule has 0 saturated heterocycles. The monoisotopic (exact) mass is 346 g/mol. The highest BCUT2D eigenvalue weighted by Crippen LogP contribution is 2.25. The molecule has 0 atom stereocenters. The molecule has 0 N–H and O–H groups in total. The molecule has 26 heavy (non-hydrogen) atoms. The predicted octanol–water partition coefficient (Wildman–Crippen LogP) is 2.72. The summed E-state index contributed by atoms with van der Waals surface area (Å²) in [6.45, 7) is 2.53. The van der Waals surface area contributed by atoms with E-state index >= 15 is 0 Å². The molecule has 0 radical (unpaired) electrons. The summed E-state index contributed by atoms with van der Waals surface area (Å²) in [7, 11) is 0. The molecule has 0 aliphatic carbocycles. The number of aliphatic imine (C=N–C) groups is 1. The molecular weight excluding hydrogens is 328 g/mol. The first-order valence-electron chi connectivity index (χ1n) is 8.56. The van der Waals surface area contributed by atoms with E-state index in [0.29, 0.717) is 24.8 Å². The van der Waals surface area contributed by atoms with Crippen LogP contribution >= 0.6 is 0 Å².